The van der Waals surface area contributed by atoms with Crippen LogP contribution in [-0.2, 0) is 21.7 Å². The number of hydrogen-bond acceptors (Lipinski definition) is 7. The van der Waals surface area contributed by atoms with Crippen LogP contribution in [0.15, 0.2) is 51.6 Å². The van der Waals surface area contributed by atoms with Crippen LogP contribution in [0.5, 0.6) is 5.75 Å². The fourth-order valence-electron chi connectivity index (χ4n) is 2.95. The lowest BCUT2D eigenvalue weighted by Gasteiger charge is -2.08. The Balaban J connectivity index is 1.65. The molecule has 13 heteroatoms. The van der Waals surface area contributed by atoms with Gasteiger partial charge in [0.05, 0.1) is 33.3 Å². The van der Waals surface area contributed by atoms with Gasteiger partial charge >= 0.3 is 12.1 Å². The van der Waals surface area contributed by atoms with E-state index in [0.717, 1.165) is 0 Å². The fraction of sp³-hybridized carbons (Fsp3) is 0.211. The summed E-state index contributed by atoms with van der Waals surface area (Å²) in [4.78, 5) is 7.77. The smallest absolute Gasteiger partial charge is 0.471 e. The summed E-state index contributed by atoms with van der Waals surface area (Å²) >= 11 is 6.18. The second-order valence-electron chi connectivity index (χ2n) is 6.82. The van der Waals surface area contributed by atoms with E-state index in [2.05, 4.69) is 24.0 Å². The van der Waals surface area contributed by atoms with Gasteiger partial charge in [-0.05, 0) is 24.3 Å². The van der Waals surface area contributed by atoms with Crippen molar-refractivity contribution in [3.05, 3.63) is 59.3 Å². The zero-order valence-corrected chi connectivity index (χ0v) is 18.2. The average Bonchev–Trinajstić information content (AvgIpc) is 3.34. The number of alkyl halides is 3. The van der Waals surface area contributed by atoms with E-state index in [1.165, 1.54) is 25.6 Å². The number of hydrogen-bond donors (Lipinski definition) is 0. The number of ether oxygens (including phenoxy) is 1. The quantitative estimate of drug-likeness (QED) is 0.395. The van der Waals surface area contributed by atoms with E-state index >= 15 is 0 Å². The summed E-state index contributed by atoms with van der Waals surface area (Å²) in [6.07, 6.45) is -0.148. The number of rotatable bonds is 5. The van der Waals surface area contributed by atoms with Gasteiger partial charge < -0.3 is 13.7 Å². The third-order valence-electron chi connectivity index (χ3n) is 4.30. The van der Waals surface area contributed by atoms with Gasteiger partial charge in [0.2, 0.25) is 5.82 Å². The molecule has 8 nitrogen and oxygen atoms in total. The van der Waals surface area contributed by atoms with Crippen LogP contribution in [0.25, 0.3) is 17.0 Å². The molecule has 0 aliphatic rings. The molecule has 0 amide bonds. The van der Waals surface area contributed by atoms with Crippen LogP contribution in [0.2, 0.25) is 5.02 Å². The van der Waals surface area contributed by atoms with Crippen LogP contribution < -0.4 is 4.74 Å². The molecule has 1 aromatic carbocycles. The Hall–Kier alpha value is -3.12. The molecular weight excluding hydrogens is 471 g/mol. The monoisotopic (exact) mass is 485 g/mol. The van der Waals surface area contributed by atoms with Gasteiger partial charge in [-0.3, -0.25) is 0 Å². The summed E-state index contributed by atoms with van der Waals surface area (Å²) in [6.45, 7) is 0. The highest BCUT2D eigenvalue weighted by Gasteiger charge is 2.38. The van der Waals surface area contributed by atoms with E-state index < -0.39 is 21.8 Å². The topological polar surface area (TPSA) is 94.9 Å². The first-order valence-corrected chi connectivity index (χ1v) is 11.4. The molecule has 3 heterocycles. The number of halogens is 4. The Morgan fingerprint density at radius 2 is 2.00 bits per heavy atom. The number of benzene rings is 1. The maximum atomic E-state index is 13.1. The Morgan fingerprint density at radius 1 is 1.22 bits per heavy atom. The predicted octanol–water partition coefficient (Wildman–Crippen LogP) is 4.99. The van der Waals surface area contributed by atoms with E-state index in [4.69, 9.17) is 16.3 Å². The maximum Gasteiger partial charge on any atom is 0.471 e. The molecule has 4 aromatic rings. The van der Waals surface area contributed by atoms with Crippen molar-refractivity contribution in [2.45, 2.75) is 11.9 Å². The van der Waals surface area contributed by atoms with Crippen LogP contribution in [0.1, 0.15) is 11.6 Å². The van der Waals surface area contributed by atoms with E-state index in [1.54, 1.807) is 34.9 Å². The van der Waals surface area contributed by atoms with Gasteiger partial charge in [0.1, 0.15) is 17.1 Å². The average molecular weight is 486 g/mol. The molecule has 3 aromatic heterocycles. The van der Waals surface area contributed by atoms with Crippen LogP contribution in [0, 0.1) is 0 Å². The highest BCUT2D eigenvalue weighted by atomic mass is 35.5. The van der Waals surface area contributed by atoms with E-state index in [9.17, 15) is 17.4 Å². The van der Waals surface area contributed by atoms with Gasteiger partial charge in [-0.15, -0.1) is 0 Å². The van der Waals surface area contributed by atoms with E-state index in [-0.39, 0.29) is 17.3 Å². The summed E-state index contributed by atoms with van der Waals surface area (Å²) < 4.78 is 66.6. The molecule has 0 radical (unpaired) electrons. The number of aromatic nitrogens is 4. The lowest BCUT2D eigenvalue weighted by Crippen LogP contribution is -2.04. The van der Waals surface area contributed by atoms with Crippen molar-refractivity contribution in [1.29, 1.82) is 0 Å². The third kappa shape index (κ3) is 4.55. The van der Waals surface area contributed by atoms with Crippen molar-refractivity contribution in [2.24, 2.45) is 4.36 Å². The maximum absolute atomic E-state index is 13.1. The van der Waals surface area contributed by atoms with E-state index in [0.29, 0.717) is 27.7 Å². The number of pyridine rings is 1. The van der Waals surface area contributed by atoms with Crippen LogP contribution >= 0.6 is 11.6 Å². The molecule has 0 spiro atoms. The molecule has 0 saturated heterocycles. The number of fused-ring (bicyclic) bond motifs is 1. The Kier molecular flexibility index (Phi) is 5.59. The van der Waals surface area contributed by atoms with Gasteiger partial charge in [-0.1, -0.05) is 22.8 Å². The summed E-state index contributed by atoms with van der Waals surface area (Å²) in [5, 5.41) is 3.67. The molecule has 0 fully saturated rings. The van der Waals surface area contributed by atoms with Crippen LogP contribution in [0.4, 0.5) is 18.9 Å². The molecule has 1 unspecified atom stereocenters. The third-order valence-corrected chi connectivity index (χ3v) is 6.00. The van der Waals surface area contributed by atoms with Gasteiger partial charge in [0, 0.05) is 24.2 Å². The number of methoxy groups -OCH3 is 1. The van der Waals surface area contributed by atoms with Crippen LogP contribution in [0.3, 0.4) is 0 Å². The largest absolute Gasteiger partial charge is 0.494 e. The predicted molar refractivity (Wildman–Crippen MR) is 111 cm³/mol. The Bertz CT molecular complexity index is 1420. The highest BCUT2D eigenvalue weighted by Crippen LogP contribution is 2.36. The molecule has 32 heavy (non-hydrogen) atoms. The van der Waals surface area contributed by atoms with Gasteiger partial charge in [-0.25, -0.2) is 9.19 Å². The normalized spacial score (nSPS) is 13.8. The minimum Gasteiger partial charge on any atom is -0.494 e. The molecule has 0 aliphatic carbocycles. The molecule has 168 valence electrons. The van der Waals surface area contributed by atoms with Gasteiger partial charge in [0.15, 0.2) is 0 Å². The molecule has 0 bridgehead atoms. The summed E-state index contributed by atoms with van der Waals surface area (Å²) in [6, 6.07) is 8.06. The first kappa shape index (κ1) is 22.1. The first-order valence-electron chi connectivity index (χ1n) is 8.97. The van der Waals surface area contributed by atoms with E-state index in [1.807, 2.05) is 0 Å². The molecule has 0 saturated carbocycles. The van der Waals surface area contributed by atoms with Crippen molar-refractivity contribution in [3.63, 3.8) is 0 Å². The van der Waals surface area contributed by atoms with Crippen molar-refractivity contribution in [2.75, 3.05) is 13.4 Å². The summed E-state index contributed by atoms with van der Waals surface area (Å²) in [5.41, 5.74) is 1.54. The van der Waals surface area contributed by atoms with Crippen molar-refractivity contribution in [3.8, 4) is 17.1 Å². The zero-order valence-electron chi connectivity index (χ0n) is 16.6. The molecular formula is C19H15ClF3N5O3S. The minimum absolute atomic E-state index is 0.0127. The standard InChI is InChI=1S/C19H15ClF3N5O3S/c1-30-14-5-3-4-13(20)16(14)27-32(2,29)10-12-9-28-8-11(6-7-15(28)24-12)17-25-18(31-26-17)19(21,22)23/h3-9H,10H2,1-2H3. The number of nitrogens with zero attached hydrogens (tertiary/aromatic N) is 5. The SMILES string of the molecule is COc1cccc(Cl)c1N=S(C)(=O)Cc1cn2cc(-c3noc(C(F)(F)F)n3)ccc2n1. The summed E-state index contributed by atoms with van der Waals surface area (Å²) in [7, 11) is -1.33. The lowest BCUT2D eigenvalue weighted by molar-refractivity contribution is -0.159. The zero-order chi connectivity index (χ0) is 23.1. The highest BCUT2D eigenvalue weighted by molar-refractivity contribution is 7.92. The number of imidazole rings is 1. The van der Waals surface area contributed by atoms with Crippen molar-refractivity contribution in [1.82, 2.24) is 19.5 Å². The second kappa shape index (κ2) is 8.10. The minimum atomic E-state index is -4.73. The van der Waals surface area contributed by atoms with Crippen LogP contribution in [-0.4, -0.2) is 37.1 Å². The Labute approximate surface area is 185 Å². The first-order chi connectivity index (χ1) is 15.1. The second-order valence-corrected chi connectivity index (χ2v) is 9.62. The molecule has 0 aliphatic heterocycles. The molecule has 4 rings (SSSR count). The van der Waals surface area contributed by atoms with Crippen molar-refractivity contribution >= 4 is 32.7 Å². The molecule has 1 atom stereocenters. The van der Waals surface area contributed by atoms with Crippen molar-refractivity contribution < 1.29 is 26.6 Å². The molecule has 0 N–H and O–H groups in total. The van der Waals surface area contributed by atoms with Gasteiger partial charge in [0.25, 0.3) is 0 Å². The van der Waals surface area contributed by atoms with Gasteiger partial charge in [-0.2, -0.15) is 22.5 Å². The lowest BCUT2D eigenvalue weighted by atomic mass is 10.3. The summed E-state index contributed by atoms with van der Waals surface area (Å²) in [5.74, 6) is -1.24. The fourth-order valence-corrected chi connectivity index (χ4v) is 4.54. The Morgan fingerprint density at radius 3 is 2.69 bits per heavy atom.